The summed E-state index contributed by atoms with van der Waals surface area (Å²) in [4.78, 5) is 28.5. The molecule has 2 atom stereocenters. The molecule has 8 heteroatoms. The van der Waals surface area contributed by atoms with E-state index < -0.39 is 12.2 Å². The van der Waals surface area contributed by atoms with Crippen LogP contribution < -0.4 is 4.74 Å². The third-order valence-corrected chi connectivity index (χ3v) is 6.53. The van der Waals surface area contributed by atoms with Gasteiger partial charge in [-0.15, -0.1) is 0 Å². The fraction of sp³-hybridized carbons (Fsp3) is 0.652. The first-order chi connectivity index (χ1) is 14.8. The predicted octanol–water partition coefficient (Wildman–Crippen LogP) is 0.837. The Morgan fingerprint density at radius 3 is 2.65 bits per heavy atom. The number of rotatable bonds is 3. The monoisotopic (exact) mass is 434 g/mol. The van der Waals surface area contributed by atoms with Gasteiger partial charge in [0.1, 0.15) is 5.75 Å². The van der Waals surface area contributed by atoms with Crippen molar-refractivity contribution < 1.29 is 29.3 Å². The minimum absolute atomic E-state index is 0.0554. The number of piperidine rings is 1. The molecule has 0 aliphatic carbocycles. The molecular weight excluding hydrogens is 400 g/mol. The molecule has 0 bridgehead atoms. The van der Waals surface area contributed by atoms with E-state index in [4.69, 9.17) is 9.47 Å². The van der Waals surface area contributed by atoms with Crippen LogP contribution in [0.1, 0.15) is 31.2 Å². The third-order valence-electron chi connectivity index (χ3n) is 6.53. The summed E-state index contributed by atoms with van der Waals surface area (Å²) in [5.74, 6) is 0.469. The van der Waals surface area contributed by atoms with Crippen LogP contribution in [0.4, 0.5) is 0 Å². The summed E-state index contributed by atoms with van der Waals surface area (Å²) in [5.41, 5.74) is 0.388. The van der Waals surface area contributed by atoms with Crippen molar-refractivity contribution in [2.45, 2.75) is 44.3 Å². The van der Waals surface area contributed by atoms with Crippen LogP contribution in [0, 0.1) is 5.41 Å². The van der Waals surface area contributed by atoms with Crippen LogP contribution in [0.5, 0.6) is 5.75 Å². The van der Waals surface area contributed by atoms with Crippen molar-refractivity contribution in [1.29, 1.82) is 0 Å². The fourth-order valence-corrected chi connectivity index (χ4v) is 4.60. The quantitative estimate of drug-likeness (QED) is 0.731. The number of aliphatic hydroxyl groups is 2. The van der Waals surface area contributed by atoms with E-state index in [1.54, 1.807) is 25.1 Å². The van der Waals surface area contributed by atoms with Gasteiger partial charge < -0.3 is 29.5 Å². The number of para-hydroxylation sites is 1. The minimum atomic E-state index is -0.941. The van der Waals surface area contributed by atoms with Gasteiger partial charge in [-0.3, -0.25) is 9.59 Å². The van der Waals surface area contributed by atoms with E-state index in [-0.39, 0.29) is 30.3 Å². The lowest BCUT2D eigenvalue weighted by atomic mass is 9.72. The summed E-state index contributed by atoms with van der Waals surface area (Å²) in [6.45, 7) is 1.88. The van der Waals surface area contributed by atoms with Crippen molar-refractivity contribution in [3.8, 4) is 5.75 Å². The molecule has 1 saturated heterocycles. The Bertz CT molecular complexity index is 762. The van der Waals surface area contributed by atoms with Gasteiger partial charge in [-0.1, -0.05) is 18.2 Å². The van der Waals surface area contributed by atoms with Gasteiger partial charge in [0.05, 0.1) is 25.2 Å². The summed E-state index contributed by atoms with van der Waals surface area (Å²) < 4.78 is 10.7. The zero-order valence-corrected chi connectivity index (χ0v) is 18.5. The highest BCUT2D eigenvalue weighted by Crippen LogP contribution is 2.38. The lowest BCUT2D eigenvalue weighted by Crippen LogP contribution is -2.51. The number of carbonyl (C=O) groups is 2. The normalized spacial score (nSPS) is 24.7. The molecule has 2 N–H and O–H groups in total. The van der Waals surface area contributed by atoms with Crippen LogP contribution in [0.2, 0.25) is 0 Å². The molecule has 2 heterocycles. The molecule has 0 radical (unpaired) electrons. The van der Waals surface area contributed by atoms with E-state index in [0.717, 1.165) is 5.56 Å². The average Bonchev–Trinajstić information content (AvgIpc) is 2.76. The summed E-state index contributed by atoms with van der Waals surface area (Å²) in [5, 5.41) is 21.6. The van der Waals surface area contributed by atoms with Crippen molar-refractivity contribution >= 4 is 11.8 Å². The summed E-state index contributed by atoms with van der Waals surface area (Å²) in [6.07, 6.45) is 0.401. The van der Waals surface area contributed by atoms with E-state index in [0.29, 0.717) is 57.7 Å². The van der Waals surface area contributed by atoms with Gasteiger partial charge in [0.15, 0.2) is 6.61 Å². The second kappa shape index (κ2) is 10.4. The Labute approximate surface area is 183 Å². The minimum Gasteiger partial charge on any atom is -0.483 e. The molecule has 0 aromatic heterocycles. The first-order valence-electron chi connectivity index (χ1n) is 10.9. The molecule has 1 aromatic rings. The molecule has 0 saturated carbocycles. The lowest BCUT2D eigenvalue weighted by Gasteiger charge is -2.45. The van der Waals surface area contributed by atoms with E-state index >= 15 is 0 Å². The number of methoxy groups -OCH3 is 1. The maximum Gasteiger partial charge on any atom is 0.260 e. The molecule has 0 unspecified atom stereocenters. The number of aliphatic hydroxyl groups excluding tert-OH is 2. The molecule has 2 amide bonds. The van der Waals surface area contributed by atoms with Crippen LogP contribution in [-0.4, -0.2) is 91.0 Å². The Kier molecular flexibility index (Phi) is 7.91. The Hall–Kier alpha value is -2.16. The SMILES string of the molecule is COCCC(=O)N1CCC2(CC1)C[C@@H](O)[C@@H](O)Cc1ccccc1OCC(=O)N(C)C2. The molecular formula is C23H34N2O6. The van der Waals surface area contributed by atoms with Crippen molar-refractivity contribution in [2.75, 3.05) is 47.0 Å². The number of likely N-dealkylation sites (N-methyl/N-ethyl adjacent to an activating group) is 1. The lowest BCUT2D eigenvalue weighted by molar-refractivity contribution is -0.139. The van der Waals surface area contributed by atoms with Gasteiger partial charge >= 0.3 is 0 Å². The van der Waals surface area contributed by atoms with E-state index in [1.807, 2.05) is 23.1 Å². The summed E-state index contributed by atoms with van der Waals surface area (Å²) >= 11 is 0. The van der Waals surface area contributed by atoms with Crippen molar-refractivity contribution in [3.05, 3.63) is 29.8 Å². The van der Waals surface area contributed by atoms with Crippen molar-refractivity contribution in [3.63, 3.8) is 0 Å². The first-order valence-corrected chi connectivity index (χ1v) is 10.9. The number of likely N-dealkylation sites (tertiary alicyclic amines) is 1. The number of amides is 2. The summed E-state index contributed by atoms with van der Waals surface area (Å²) in [7, 11) is 3.31. The second-order valence-electron chi connectivity index (χ2n) is 8.81. The van der Waals surface area contributed by atoms with Gasteiger partial charge in [0.2, 0.25) is 5.91 Å². The molecule has 2 aliphatic heterocycles. The highest BCUT2D eigenvalue weighted by atomic mass is 16.5. The first kappa shape index (κ1) is 23.5. The molecule has 1 spiro atoms. The number of benzene rings is 1. The number of nitrogens with zero attached hydrogens (tertiary/aromatic N) is 2. The van der Waals surface area contributed by atoms with Gasteiger partial charge in [-0.25, -0.2) is 0 Å². The van der Waals surface area contributed by atoms with E-state index in [2.05, 4.69) is 0 Å². The largest absolute Gasteiger partial charge is 0.483 e. The van der Waals surface area contributed by atoms with Crippen molar-refractivity contribution in [2.24, 2.45) is 5.41 Å². The third kappa shape index (κ3) is 5.96. The highest BCUT2D eigenvalue weighted by molar-refractivity contribution is 5.78. The molecule has 1 aromatic carbocycles. The van der Waals surface area contributed by atoms with Crippen molar-refractivity contribution in [1.82, 2.24) is 9.80 Å². The molecule has 2 aliphatic rings. The number of ether oxygens (including phenoxy) is 2. The highest BCUT2D eigenvalue weighted by Gasteiger charge is 2.40. The summed E-state index contributed by atoms with van der Waals surface area (Å²) in [6, 6.07) is 7.27. The number of carbonyl (C=O) groups excluding carboxylic acids is 2. The predicted molar refractivity (Wildman–Crippen MR) is 115 cm³/mol. The Morgan fingerprint density at radius 2 is 1.94 bits per heavy atom. The smallest absolute Gasteiger partial charge is 0.260 e. The number of fused-ring (bicyclic) bond motifs is 1. The zero-order valence-electron chi connectivity index (χ0n) is 18.5. The molecule has 3 rings (SSSR count). The standard InChI is InChI=1S/C23H34N2O6/c1-24-16-23(8-10-25(11-9-23)21(28)7-12-30-2)14-19(27)18(26)13-17-5-3-4-6-20(17)31-15-22(24)29/h3-6,18-19,26-27H,7-16H2,1-2H3/t18-,19+/m0/s1. The Morgan fingerprint density at radius 1 is 1.23 bits per heavy atom. The maximum atomic E-state index is 12.7. The topological polar surface area (TPSA) is 99.5 Å². The van der Waals surface area contributed by atoms with Gasteiger partial charge in [-0.2, -0.15) is 0 Å². The number of hydrogen-bond acceptors (Lipinski definition) is 6. The van der Waals surface area contributed by atoms with Crippen LogP contribution in [0.15, 0.2) is 24.3 Å². The van der Waals surface area contributed by atoms with Gasteiger partial charge in [0.25, 0.3) is 5.91 Å². The molecule has 8 nitrogen and oxygen atoms in total. The van der Waals surface area contributed by atoms with Crippen LogP contribution >= 0.6 is 0 Å². The van der Waals surface area contributed by atoms with E-state index in [1.165, 1.54) is 0 Å². The van der Waals surface area contributed by atoms with Crippen LogP contribution in [-0.2, 0) is 20.7 Å². The molecule has 1 fully saturated rings. The van der Waals surface area contributed by atoms with Crippen LogP contribution in [0.25, 0.3) is 0 Å². The fourth-order valence-electron chi connectivity index (χ4n) is 4.60. The van der Waals surface area contributed by atoms with Gasteiger partial charge in [0, 0.05) is 40.2 Å². The van der Waals surface area contributed by atoms with Gasteiger partial charge in [-0.05, 0) is 36.3 Å². The molecule has 31 heavy (non-hydrogen) atoms. The second-order valence-corrected chi connectivity index (χ2v) is 8.81. The molecule has 172 valence electrons. The van der Waals surface area contributed by atoms with E-state index in [9.17, 15) is 19.8 Å². The Balaban J connectivity index is 1.76. The van der Waals surface area contributed by atoms with Crippen LogP contribution in [0.3, 0.4) is 0 Å². The number of hydrogen-bond donors (Lipinski definition) is 2. The maximum absolute atomic E-state index is 12.7. The average molecular weight is 435 g/mol. The zero-order chi connectivity index (χ0) is 22.4.